The van der Waals surface area contributed by atoms with Crippen LogP contribution in [-0.4, -0.2) is 38.8 Å². The molecule has 0 spiro atoms. The summed E-state index contributed by atoms with van der Waals surface area (Å²) in [5.41, 5.74) is 8.58. The first-order valence-electron chi connectivity index (χ1n) is 13.9. The molecule has 0 atom stereocenters. The zero-order valence-corrected chi connectivity index (χ0v) is 26.9. The van der Waals surface area contributed by atoms with E-state index in [0.29, 0.717) is 27.8 Å². The highest BCUT2D eigenvalue weighted by Gasteiger charge is 2.31. The van der Waals surface area contributed by atoms with Crippen LogP contribution in [0.25, 0.3) is 44.5 Å². The summed E-state index contributed by atoms with van der Waals surface area (Å²) >= 11 is 0. The summed E-state index contributed by atoms with van der Waals surface area (Å²) in [5.74, 6) is -4.13. The highest BCUT2D eigenvalue weighted by atomic mass is 35.5. The van der Waals surface area contributed by atoms with Gasteiger partial charge in [-0.15, -0.1) is 38.7 Å². The van der Waals surface area contributed by atoms with E-state index >= 15 is 0 Å². The van der Waals surface area contributed by atoms with Crippen LogP contribution < -0.4 is 32.9 Å². The van der Waals surface area contributed by atoms with Crippen LogP contribution in [0.4, 0.5) is 26.3 Å². The lowest BCUT2D eigenvalue weighted by Gasteiger charge is -2.09. The maximum absolute atomic E-state index is 12.2. The number of hydrogen-bond donors (Lipinski definition) is 3. The molecule has 0 saturated carbocycles. The number of benzene rings is 4. The van der Waals surface area contributed by atoms with Crippen molar-refractivity contribution >= 4 is 46.5 Å². The van der Waals surface area contributed by atoms with E-state index in [0.717, 1.165) is 21.3 Å². The number of hydrogen-bond acceptors (Lipinski definition) is 9. The SMILES string of the molecule is Cl.N.NC(=O)Cn1c(=O)oc2ccc(-c3ccc(OC(F)(F)F)cc3)cc21.O=C(O)Cn1c(=O)oc2ccc(-c3ccc(OC(F)(F)F)cc3)cc21. The third kappa shape index (κ3) is 9.94. The molecule has 0 aliphatic rings. The number of oxazole rings is 2. The van der Waals surface area contributed by atoms with Crippen molar-refractivity contribution in [2.45, 2.75) is 25.8 Å². The quantitative estimate of drug-likeness (QED) is 0.144. The van der Waals surface area contributed by atoms with E-state index in [1.807, 2.05) is 0 Å². The van der Waals surface area contributed by atoms with Crippen molar-refractivity contribution in [3.8, 4) is 33.8 Å². The Morgan fingerprint density at radius 1 is 0.635 bits per heavy atom. The van der Waals surface area contributed by atoms with Crippen molar-refractivity contribution in [2.24, 2.45) is 5.73 Å². The van der Waals surface area contributed by atoms with Crippen LogP contribution in [0, 0.1) is 0 Å². The molecule has 0 aliphatic carbocycles. The van der Waals surface area contributed by atoms with Gasteiger partial charge in [-0.1, -0.05) is 36.4 Å². The van der Waals surface area contributed by atoms with E-state index in [1.165, 1.54) is 54.6 Å². The minimum atomic E-state index is -4.77. The van der Waals surface area contributed by atoms with E-state index in [4.69, 9.17) is 19.7 Å². The Kier molecular flexibility index (Phi) is 12.2. The number of aromatic nitrogens is 2. The minimum Gasteiger partial charge on any atom is -0.480 e. The Hall–Kier alpha value is -6.21. The van der Waals surface area contributed by atoms with E-state index in [2.05, 4.69) is 9.47 Å². The van der Waals surface area contributed by atoms with Crippen molar-refractivity contribution in [3.63, 3.8) is 0 Å². The largest absolute Gasteiger partial charge is 0.573 e. The summed E-state index contributed by atoms with van der Waals surface area (Å²) in [6.45, 7) is -0.901. The molecule has 276 valence electrons. The molecule has 52 heavy (non-hydrogen) atoms. The van der Waals surface area contributed by atoms with E-state index in [9.17, 15) is 45.5 Å². The first-order valence-corrected chi connectivity index (χ1v) is 13.9. The van der Waals surface area contributed by atoms with Crippen LogP contribution in [0.5, 0.6) is 11.5 Å². The second-order valence-electron chi connectivity index (χ2n) is 10.3. The molecule has 0 bridgehead atoms. The van der Waals surface area contributed by atoms with Crippen LogP contribution in [0.1, 0.15) is 0 Å². The molecule has 2 heterocycles. The second-order valence-corrected chi connectivity index (χ2v) is 10.3. The number of nitrogens with two attached hydrogens (primary N) is 1. The summed E-state index contributed by atoms with van der Waals surface area (Å²) in [6.07, 6.45) is -9.54. The fourth-order valence-corrected chi connectivity index (χ4v) is 4.77. The van der Waals surface area contributed by atoms with Gasteiger partial charge < -0.3 is 35.3 Å². The van der Waals surface area contributed by atoms with Crippen LogP contribution in [0.3, 0.4) is 0 Å². The maximum atomic E-state index is 12.2. The van der Waals surface area contributed by atoms with Gasteiger partial charge >= 0.3 is 30.2 Å². The second kappa shape index (κ2) is 15.8. The highest BCUT2D eigenvalue weighted by Crippen LogP contribution is 2.30. The normalized spacial score (nSPS) is 11.2. The number of fused-ring (bicyclic) bond motifs is 2. The Morgan fingerprint density at radius 3 is 1.31 bits per heavy atom. The Morgan fingerprint density at radius 2 is 0.981 bits per heavy atom. The average molecular weight is 759 g/mol. The number of halogens is 7. The molecule has 0 radical (unpaired) electrons. The third-order valence-corrected chi connectivity index (χ3v) is 6.78. The Balaban J connectivity index is 0.000000270. The molecule has 20 heteroatoms. The number of aliphatic carboxylic acids is 1. The number of ether oxygens (including phenoxy) is 2. The molecular formula is C32H25ClF6N4O9. The number of alkyl halides is 6. The smallest absolute Gasteiger partial charge is 0.480 e. The fraction of sp³-hybridized carbons (Fsp3) is 0.125. The van der Waals surface area contributed by atoms with Crippen molar-refractivity contribution < 1.29 is 59.3 Å². The molecule has 0 aliphatic heterocycles. The molecule has 6 rings (SSSR count). The van der Waals surface area contributed by atoms with Gasteiger partial charge in [-0.2, -0.15) is 0 Å². The number of carboxylic acids is 1. The van der Waals surface area contributed by atoms with E-state index < -0.39 is 42.7 Å². The molecule has 0 unspecified atom stereocenters. The summed E-state index contributed by atoms with van der Waals surface area (Å²) in [6, 6.07) is 19.8. The first kappa shape index (κ1) is 40.2. The number of nitrogens with zero attached hydrogens (tertiary/aromatic N) is 2. The lowest BCUT2D eigenvalue weighted by molar-refractivity contribution is -0.275. The van der Waals surface area contributed by atoms with Gasteiger partial charge in [0.2, 0.25) is 5.91 Å². The summed E-state index contributed by atoms with van der Waals surface area (Å²) in [4.78, 5) is 45.4. The first-order chi connectivity index (χ1) is 23.5. The topological polar surface area (TPSA) is 204 Å². The molecule has 0 saturated heterocycles. The monoisotopic (exact) mass is 758 g/mol. The predicted octanol–water partition coefficient (Wildman–Crippen LogP) is 6.47. The number of carbonyl (C=O) groups is 2. The molecule has 1 amide bonds. The van der Waals surface area contributed by atoms with Gasteiger partial charge in [-0.3, -0.25) is 18.7 Å². The van der Waals surface area contributed by atoms with Gasteiger partial charge in [0.1, 0.15) is 24.6 Å². The molecule has 0 fully saturated rings. The molecular weight excluding hydrogens is 734 g/mol. The van der Waals surface area contributed by atoms with Crippen molar-refractivity contribution in [1.29, 1.82) is 0 Å². The lowest BCUT2D eigenvalue weighted by Crippen LogP contribution is -2.24. The molecule has 2 aromatic heterocycles. The summed E-state index contributed by atoms with van der Waals surface area (Å²) in [5, 5.41) is 8.87. The Labute approximate surface area is 292 Å². The minimum absolute atomic E-state index is 0. The Bertz CT molecular complexity index is 2150. The van der Waals surface area contributed by atoms with Crippen LogP contribution in [-0.2, 0) is 22.7 Å². The predicted molar refractivity (Wildman–Crippen MR) is 174 cm³/mol. The molecule has 6 N–H and O–H groups in total. The number of primary amides is 1. The van der Waals surface area contributed by atoms with Gasteiger partial charge in [0.15, 0.2) is 11.2 Å². The van der Waals surface area contributed by atoms with Gasteiger partial charge in [0, 0.05) is 0 Å². The molecule has 6 aromatic rings. The zero-order chi connectivity index (χ0) is 36.4. The average Bonchev–Trinajstić information content (AvgIpc) is 3.49. The van der Waals surface area contributed by atoms with Gasteiger partial charge in [0.05, 0.1) is 11.0 Å². The number of carbonyl (C=O) groups excluding carboxylic acids is 1. The van der Waals surface area contributed by atoms with Crippen molar-refractivity contribution in [1.82, 2.24) is 15.3 Å². The van der Waals surface area contributed by atoms with Gasteiger partial charge in [-0.25, -0.2) is 9.59 Å². The number of rotatable bonds is 8. The number of carboxylic acid groups (broad SMARTS) is 1. The third-order valence-electron chi connectivity index (χ3n) is 6.78. The number of amides is 1. The van der Waals surface area contributed by atoms with Crippen LogP contribution in [0.2, 0.25) is 0 Å². The van der Waals surface area contributed by atoms with Gasteiger partial charge in [0.25, 0.3) is 0 Å². The van der Waals surface area contributed by atoms with Crippen molar-refractivity contribution in [3.05, 3.63) is 106 Å². The molecule has 13 nitrogen and oxygen atoms in total. The molecule has 4 aromatic carbocycles. The summed E-state index contributed by atoms with van der Waals surface area (Å²) in [7, 11) is 0. The lowest BCUT2D eigenvalue weighted by atomic mass is 10.1. The standard InChI is InChI=1S/C16H11F3N2O4.C16H10F3NO5.ClH.H3N/c17-16(18,19)25-11-4-1-9(2-5-11)10-3-6-13-12(7-10)21(8-14(20)22)15(23)24-13;17-16(18,19)25-11-4-1-9(2-5-11)10-3-6-13-12(7-10)20(8-14(21)22)15(23)24-13;;/h1-7H,8H2,(H2,20,22);1-7H,8H2,(H,21,22);1H;1H3. The summed E-state index contributed by atoms with van der Waals surface area (Å²) < 4.78 is 92.7. The van der Waals surface area contributed by atoms with Gasteiger partial charge in [-0.05, 0) is 70.8 Å². The van der Waals surface area contributed by atoms with E-state index in [1.54, 1.807) is 18.2 Å². The highest BCUT2D eigenvalue weighted by molar-refractivity contribution is 5.85. The fourth-order valence-electron chi connectivity index (χ4n) is 4.77. The van der Waals surface area contributed by atoms with Crippen LogP contribution >= 0.6 is 12.4 Å². The van der Waals surface area contributed by atoms with E-state index in [-0.39, 0.29) is 53.3 Å². The van der Waals surface area contributed by atoms with Crippen molar-refractivity contribution in [2.75, 3.05) is 0 Å². The zero-order valence-electron chi connectivity index (χ0n) is 26.1. The van der Waals surface area contributed by atoms with Crippen LogP contribution in [0.15, 0.2) is 103 Å². The maximum Gasteiger partial charge on any atom is 0.573 e.